The number of hydrogen-bond acceptors (Lipinski definition) is 6. The number of nitriles is 1. The van der Waals surface area contributed by atoms with Crippen LogP contribution < -0.4 is 18.9 Å². The molecule has 0 saturated heterocycles. The first-order valence-corrected chi connectivity index (χ1v) is 14.4. The molecule has 214 valence electrons. The molecule has 0 aliphatic carbocycles. The highest BCUT2D eigenvalue weighted by atomic mass is 16.5. The molecule has 0 aromatic heterocycles. The van der Waals surface area contributed by atoms with Gasteiger partial charge in [0.2, 0.25) is 0 Å². The topological polar surface area (TPSA) is 80.9 Å². The molecule has 0 unspecified atom stereocenters. The van der Waals surface area contributed by atoms with Crippen LogP contribution in [0.5, 0.6) is 23.0 Å². The van der Waals surface area contributed by atoms with Crippen molar-refractivity contribution in [3.63, 3.8) is 0 Å². The lowest BCUT2D eigenvalue weighted by atomic mass is 10.0. The van der Waals surface area contributed by atoms with E-state index < -0.39 is 0 Å². The standard InChI is InChI=1S/C33H47NO5/c1-25(2)38-30-21-28(22-31(23-30)39-26(3)4)29(24-34)19-27-15-16-32(33(20-27)36-5)37-18-14-12-10-8-6-7-9-11-13-17-35/h15-16,19-23,25-26,35H,6-14,17-18H2,1-5H3. The zero-order chi connectivity index (χ0) is 28.5. The summed E-state index contributed by atoms with van der Waals surface area (Å²) in [6, 6.07) is 13.6. The van der Waals surface area contributed by atoms with Crippen molar-refractivity contribution < 1.29 is 24.1 Å². The number of benzene rings is 2. The normalized spacial score (nSPS) is 11.5. The van der Waals surface area contributed by atoms with E-state index in [-0.39, 0.29) is 12.2 Å². The van der Waals surface area contributed by atoms with Crippen LogP contribution in [0.4, 0.5) is 0 Å². The number of nitrogens with zero attached hydrogens (tertiary/aromatic N) is 1. The molecule has 0 atom stereocenters. The molecule has 2 rings (SSSR count). The molecule has 0 fully saturated rings. The van der Waals surface area contributed by atoms with Crippen LogP contribution in [0.2, 0.25) is 0 Å². The summed E-state index contributed by atoms with van der Waals surface area (Å²) in [7, 11) is 1.63. The summed E-state index contributed by atoms with van der Waals surface area (Å²) in [5, 5.41) is 18.8. The molecule has 2 aromatic rings. The molecule has 6 nitrogen and oxygen atoms in total. The Morgan fingerprint density at radius 2 is 1.36 bits per heavy atom. The zero-order valence-corrected chi connectivity index (χ0v) is 24.5. The van der Waals surface area contributed by atoms with Crippen LogP contribution in [0.1, 0.15) is 96.6 Å². The number of aliphatic hydroxyl groups is 1. The van der Waals surface area contributed by atoms with Gasteiger partial charge in [-0.3, -0.25) is 0 Å². The molecule has 0 heterocycles. The van der Waals surface area contributed by atoms with Crippen LogP contribution >= 0.6 is 0 Å². The smallest absolute Gasteiger partial charge is 0.161 e. The van der Waals surface area contributed by atoms with E-state index in [9.17, 15) is 5.26 Å². The number of ether oxygens (including phenoxy) is 4. The Labute approximate surface area is 235 Å². The molecule has 0 amide bonds. The van der Waals surface area contributed by atoms with Gasteiger partial charge in [0.15, 0.2) is 11.5 Å². The van der Waals surface area contributed by atoms with Crippen LogP contribution in [0.25, 0.3) is 11.6 Å². The van der Waals surface area contributed by atoms with Crippen LogP contribution in [0.15, 0.2) is 36.4 Å². The maximum atomic E-state index is 9.97. The largest absolute Gasteiger partial charge is 0.493 e. The van der Waals surface area contributed by atoms with Gasteiger partial charge in [-0.25, -0.2) is 0 Å². The summed E-state index contributed by atoms with van der Waals surface area (Å²) in [6.45, 7) is 8.83. The molecule has 1 N–H and O–H groups in total. The lowest BCUT2D eigenvalue weighted by Gasteiger charge is -2.16. The number of aliphatic hydroxyl groups excluding tert-OH is 1. The molecule has 0 aliphatic rings. The molecule has 0 radical (unpaired) electrons. The van der Waals surface area contributed by atoms with E-state index in [1.807, 2.05) is 70.2 Å². The van der Waals surface area contributed by atoms with Gasteiger partial charge in [-0.1, -0.05) is 51.0 Å². The van der Waals surface area contributed by atoms with Crippen molar-refractivity contribution in [2.24, 2.45) is 0 Å². The summed E-state index contributed by atoms with van der Waals surface area (Å²) in [6.07, 6.45) is 12.3. The summed E-state index contributed by atoms with van der Waals surface area (Å²) in [5.74, 6) is 2.68. The van der Waals surface area contributed by atoms with Crippen molar-refractivity contribution in [3.05, 3.63) is 47.5 Å². The van der Waals surface area contributed by atoms with Gasteiger partial charge in [0, 0.05) is 12.7 Å². The van der Waals surface area contributed by atoms with Crippen LogP contribution in [0, 0.1) is 11.3 Å². The number of rotatable bonds is 19. The molecule has 0 spiro atoms. The van der Waals surface area contributed by atoms with Crippen molar-refractivity contribution in [2.75, 3.05) is 20.3 Å². The molecule has 39 heavy (non-hydrogen) atoms. The van der Waals surface area contributed by atoms with Gasteiger partial charge in [-0.2, -0.15) is 5.26 Å². The van der Waals surface area contributed by atoms with Crippen molar-refractivity contribution in [1.29, 1.82) is 5.26 Å². The van der Waals surface area contributed by atoms with Crippen LogP contribution in [-0.4, -0.2) is 37.6 Å². The van der Waals surface area contributed by atoms with E-state index in [0.29, 0.717) is 41.8 Å². The third-order valence-corrected chi connectivity index (χ3v) is 6.11. The van der Waals surface area contributed by atoms with Crippen LogP contribution in [-0.2, 0) is 0 Å². The second-order valence-corrected chi connectivity index (χ2v) is 10.4. The van der Waals surface area contributed by atoms with Gasteiger partial charge >= 0.3 is 0 Å². The van der Waals surface area contributed by atoms with Gasteiger partial charge in [0.25, 0.3) is 0 Å². The molecule has 6 heteroatoms. The van der Waals surface area contributed by atoms with Crippen LogP contribution in [0.3, 0.4) is 0 Å². The monoisotopic (exact) mass is 537 g/mol. The number of methoxy groups -OCH3 is 1. The minimum atomic E-state index is 0.00583. The molecule has 0 aliphatic heterocycles. The Kier molecular flexibility index (Phi) is 14.9. The number of unbranched alkanes of at least 4 members (excludes halogenated alkanes) is 8. The average molecular weight is 538 g/mol. The van der Waals surface area contributed by atoms with Gasteiger partial charge in [-0.05, 0) is 82.0 Å². The Morgan fingerprint density at radius 1 is 0.795 bits per heavy atom. The third kappa shape index (κ3) is 12.5. The quantitative estimate of drug-likeness (QED) is 0.110. The Balaban J connectivity index is 2.00. The highest BCUT2D eigenvalue weighted by Gasteiger charge is 2.11. The maximum Gasteiger partial charge on any atom is 0.161 e. The minimum absolute atomic E-state index is 0.00583. The highest BCUT2D eigenvalue weighted by molar-refractivity contribution is 5.90. The summed E-state index contributed by atoms with van der Waals surface area (Å²) in [5.41, 5.74) is 2.08. The average Bonchev–Trinajstić information content (AvgIpc) is 2.89. The van der Waals surface area contributed by atoms with E-state index in [1.165, 1.54) is 32.1 Å². The fraction of sp³-hybridized carbons (Fsp3) is 0.545. The molecule has 0 bridgehead atoms. The van der Waals surface area contributed by atoms with Crippen molar-refractivity contribution in [1.82, 2.24) is 0 Å². The van der Waals surface area contributed by atoms with Gasteiger partial charge in [-0.15, -0.1) is 0 Å². The molecular weight excluding hydrogens is 490 g/mol. The number of hydrogen-bond donors (Lipinski definition) is 1. The Hall–Kier alpha value is -3.17. The highest BCUT2D eigenvalue weighted by Crippen LogP contribution is 2.32. The van der Waals surface area contributed by atoms with Gasteiger partial charge in [0.05, 0.1) is 37.6 Å². The maximum absolute atomic E-state index is 9.97. The second kappa shape index (κ2) is 18.2. The van der Waals surface area contributed by atoms with E-state index in [4.69, 9.17) is 24.1 Å². The summed E-state index contributed by atoms with van der Waals surface area (Å²) >= 11 is 0. The Bertz CT molecular complexity index is 1030. The summed E-state index contributed by atoms with van der Waals surface area (Å²) in [4.78, 5) is 0. The first-order valence-electron chi connectivity index (χ1n) is 14.4. The van der Waals surface area contributed by atoms with Crippen molar-refractivity contribution in [3.8, 4) is 29.1 Å². The van der Waals surface area contributed by atoms with E-state index >= 15 is 0 Å². The van der Waals surface area contributed by atoms with Gasteiger partial charge < -0.3 is 24.1 Å². The number of allylic oxidation sites excluding steroid dienone is 1. The van der Waals surface area contributed by atoms with E-state index in [1.54, 1.807) is 7.11 Å². The second-order valence-electron chi connectivity index (χ2n) is 10.4. The predicted octanol–water partition coefficient (Wildman–Crippen LogP) is 8.22. The summed E-state index contributed by atoms with van der Waals surface area (Å²) < 4.78 is 23.4. The predicted molar refractivity (Wildman–Crippen MR) is 159 cm³/mol. The first-order chi connectivity index (χ1) is 18.9. The first kappa shape index (κ1) is 32.0. The Morgan fingerprint density at radius 3 is 1.87 bits per heavy atom. The van der Waals surface area contributed by atoms with Gasteiger partial charge in [0.1, 0.15) is 11.5 Å². The molecule has 0 saturated carbocycles. The third-order valence-electron chi connectivity index (χ3n) is 6.11. The van der Waals surface area contributed by atoms with Crippen molar-refractivity contribution >= 4 is 11.6 Å². The lowest BCUT2D eigenvalue weighted by molar-refractivity contribution is 0.229. The molecule has 2 aromatic carbocycles. The van der Waals surface area contributed by atoms with E-state index in [0.717, 1.165) is 36.8 Å². The van der Waals surface area contributed by atoms with Crippen molar-refractivity contribution in [2.45, 2.75) is 97.7 Å². The molecular formula is C33H47NO5. The van der Waals surface area contributed by atoms with E-state index in [2.05, 4.69) is 6.07 Å². The minimum Gasteiger partial charge on any atom is -0.493 e. The lowest BCUT2D eigenvalue weighted by Crippen LogP contribution is -2.08. The SMILES string of the molecule is COc1cc(C=C(C#N)c2cc(OC(C)C)cc(OC(C)C)c2)ccc1OCCCCCCCCCCCO. The zero-order valence-electron chi connectivity index (χ0n) is 24.5. The fourth-order valence-electron chi connectivity index (χ4n) is 4.28. The fourth-order valence-corrected chi connectivity index (χ4v) is 4.28.